The summed E-state index contributed by atoms with van der Waals surface area (Å²) < 4.78 is 7.28. The van der Waals surface area contributed by atoms with Gasteiger partial charge in [0.1, 0.15) is 5.75 Å². The first-order valence-corrected chi connectivity index (χ1v) is 7.73. The molecule has 0 bridgehead atoms. The van der Waals surface area contributed by atoms with Gasteiger partial charge in [0.25, 0.3) is 0 Å². The molecular formula is C14H22N4OS. The fourth-order valence-electron chi connectivity index (χ4n) is 2.20. The molecule has 0 radical (unpaired) electrons. The van der Waals surface area contributed by atoms with E-state index in [0.717, 1.165) is 30.8 Å². The maximum absolute atomic E-state index is 5.72. The van der Waals surface area contributed by atoms with Gasteiger partial charge in [-0.25, -0.2) is 0 Å². The number of aromatic nitrogens is 2. The third kappa shape index (κ3) is 3.20. The molecule has 0 amide bonds. The predicted molar refractivity (Wildman–Crippen MR) is 81.9 cm³/mol. The molecule has 0 aromatic carbocycles. The maximum atomic E-state index is 5.72. The van der Waals surface area contributed by atoms with Crippen LogP contribution in [0.15, 0.2) is 17.5 Å². The van der Waals surface area contributed by atoms with Crippen LogP contribution in [0.2, 0.25) is 0 Å². The lowest BCUT2D eigenvalue weighted by Gasteiger charge is -2.14. The number of nitrogens with one attached hydrogen (secondary N) is 1. The molecule has 0 aliphatic heterocycles. The molecule has 20 heavy (non-hydrogen) atoms. The Morgan fingerprint density at radius 2 is 2.25 bits per heavy atom. The van der Waals surface area contributed by atoms with E-state index in [-0.39, 0.29) is 6.04 Å². The Labute approximate surface area is 123 Å². The highest BCUT2D eigenvalue weighted by Crippen LogP contribution is 2.28. The molecular weight excluding hydrogens is 272 g/mol. The van der Waals surface area contributed by atoms with E-state index in [1.165, 1.54) is 10.6 Å². The molecule has 3 N–H and O–H groups in total. The molecule has 0 aliphatic rings. The van der Waals surface area contributed by atoms with Crippen LogP contribution in [0.3, 0.4) is 0 Å². The molecule has 2 heterocycles. The molecule has 2 rings (SSSR count). The zero-order chi connectivity index (χ0) is 14.5. The molecule has 0 fully saturated rings. The van der Waals surface area contributed by atoms with Gasteiger partial charge in [-0.1, -0.05) is 6.92 Å². The van der Waals surface area contributed by atoms with Crippen molar-refractivity contribution in [3.63, 3.8) is 0 Å². The van der Waals surface area contributed by atoms with Crippen molar-refractivity contribution in [3.05, 3.63) is 33.8 Å². The fraction of sp³-hybridized carbons (Fsp3) is 0.500. The first kappa shape index (κ1) is 15.0. The summed E-state index contributed by atoms with van der Waals surface area (Å²) in [4.78, 5) is 1.17. The van der Waals surface area contributed by atoms with Crippen LogP contribution >= 0.6 is 11.3 Å². The van der Waals surface area contributed by atoms with Gasteiger partial charge in [0.05, 0.1) is 18.8 Å². The van der Waals surface area contributed by atoms with Gasteiger partial charge in [-0.05, 0) is 25.5 Å². The summed E-state index contributed by atoms with van der Waals surface area (Å²) in [5, 5.41) is 6.57. The van der Waals surface area contributed by atoms with Gasteiger partial charge in [0.15, 0.2) is 0 Å². The van der Waals surface area contributed by atoms with E-state index in [9.17, 15) is 0 Å². The highest BCUT2D eigenvalue weighted by Gasteiger charge is 2.16. The van der Waals surface area contributed by atoms with E-state index in [2.05, 4.69) is 30.4 Å². The van der Waals surface area contributed by atoms with E-state index in [0.29, 0.717) is 0 Å². The summed E-state index contributed by atoms with van der Waals surface area (Å²) in [7, 11) is 1.68. The van der Waals surface area contributed by atoms with Crippen molar-refractivity contribution in [1.29, 1.82) is 0 Å². The smallest absolute Gasteiger partial charge is 0.129 e. The normalized spacial score (nSPS) is 12.6. The Balaban J connectivity index is 2.19. The Morgan fingerprint density at radius 1 is 1.45 bits per heavy atom. The van der Waals surface area contributed by atoms with Gasteiger partial charge < -0.3 is 4.74 Å². The van der Waals surface area contributed by atoms with E-state index in [1.807, 2.05) is 16.1 Å². The Hall–Kier alpha value is -1.37. The SMILES string of the molecule is CCc1cc(CC(NN)c2cc(OC)cs2)n(CC)n1. The second-order valence-corrected chi connectivity index (χ2v) is 5.55. The zero-order valence-electron chi connectivity index (χ0n) is 12.2. The van der Waals surface area contributed by atoms with Gasteiger partial charge in [-0.3, -0.25) is 16.0 Å². The topological polar surface area (TPSA) is 65.1 Å². The molecule has 5 nitrogen and oxygen atoms in total. The van der Waals surface area contributed by atoms with Crippen LogP contribution in [0.1, 0.15) is 36.2 Å². The average Bonchev–Trinajstić information content (AvgIpc) is 3.10. The number of nitrogens with two attached hydrogens (primary N) is 1. The monoisotopic (exact) mass is 294 g/mol. The highest BCUT2D eigenvalue weighted by molar-refractivity contribution is 7.10. The maximum Gasteiger partial charge on any atom is 0.129 e. The third-order valence-electron chi connectivity index (χ3n) is 3.36. The minimum atomic E-state index is 0.0793. The van der Waals surface area contributed by atoms with Crippen LogP contribution in [-0.2, 0) is 19.4 Å². The van der Waals surface area contributed by atoms with Crippen molar-refractivity contribution < 1.29 is 4.74 Å². The van der Waals surface area contributed by atoms with Crippen molar-refractivity contribution in [1.82, 2.24) is 15.2 Å². The first-order valence-electron chi connectivity index (χ1n) is 6.85. The van der Waals surface area contributed by atoms with E-state index >= 15 is 0 Å². The third-order valence-corrected chi connectivity index (χ3v) is 4.39. The molecule has 1 unspecified atom stereocenters. The molecule has 0 saturated heterocycles. The number of hydrogen-bond acceptors (Lipinski definition) is 5. The van der Waals surface area contributed by atoms with Gasteiger partial charge in [-0.15, -0.1) is 11.3 Å². The van der Waals surface area contributed by atoms with Crippen molar-refractivity contribution >= 4 is 11.3 Å². The number of rotatable bonds is 7. The summed E-state index contributed by atoms with van der Waals surface area (Å²) in [6, 6.07) is 4.27. The van der Waals surface area contributed by atoms with Crippen molar-refractivity contribution in [2.24, 2.45) is 5.84 Å². The molecule has 6 heteroatoms. The number of aryl methyl sites for hydroxylation is 2. The second-order valence-electron chi connectivity index (χ2n) is 4.61. The number of methoxy groups -OCH3 is 1. The van der Waals surface area contributed by atoms with Gasteiger partial charge in [0.2, 0.25) is 0 Å². The van der Waals surface area contributed by atoms with Crippen LogP contribution in [0.4, 0.5) is 0 Å². The summed E-state index contributed by atoms with van der Waals surface area (Å²) in [6.07, 6.45) is 1.77. The number of hydrazine groups is 1. The number of nitrogens with zero attached hydrogens (tertiary/aromatic N) is 2. The van der Waals surface area contributed by atoms with Crippen LogP contribution in [0, 0.1) is 0 Å². The Kier molecular flexibility index (Phi) is 5.17. The quantitative estimate of drug-likeness (QED) is 0.607. The summed E-state index contributed by atoms with van der Waals surface area (Å²) in [5.74, 6) is 6.60. The Bertz CT molecular complexity index is 549. The van der Waals surface area contributed by atoms with Crippen molar-refractivity contribution in [3.8, 4) is 5.75 Å². The number of ether oxygens (including phenoxy) is 1. The predicted octanol–water partition coefficient (Wildman–Crippen LogP) is 2.28. The van der Waals surface area contributed by atoms with Gasteiger partial charge >= 0.3 is 0 Å². The average molecular weight is 294 g/mol. The second kappa shape index (κ2) is 6.88. The minimum absolute atomic E-state index is 0.0793. The molecule has 2 aromatic heterocycles. The number of thiophene rings is 1. The summed E-state index contributed by atoms with van der Waals surface area (Å²) in [5.41, 5.74) is 5.23. The standard InChI is InChI=1S/C14H22N4OS/c1-4-10-6-11(18(5-2)17-10)7-13(16-15)14-8-12(19-3)9-20-14/h6,8-9,13,16H,4-5,7,15H2,1-3H3. The van der Waals surface area contributed by atoms with E-state index < -0.39 is 0 Å². The van der Waals surface area contributed by atoms with E-state index in [1.54, 1.807) is 18.4 Å². The lowest BCUT2D eigenvalue weighted by molar-refractivity contribution is 0.415. The minimum Gasteiger partial charge on any atom is -0.496 e. The van der Waals surface area contributed by atoms with Gasteiger partial charge in [-0.2, -0.15) is 5.10 Å². The lowest BCUT2D eigenvalue weighted by Crippen LogP contribution is -2.29. The molecule has 0 spiro atoms. The van der Waals surface area contributed by atoms with Gasteiger partial charge in [0, 0.05) is 28.9 Å². The highest BCUT2D eigenvalue weighted by atomic mass is 32.1. The van der Waals surface area contributed by atoms with Crippen LogP contribution in [0.25, 0.3) is 0 Å². The molecule has 110 valence electrons. The molecule has 0 saturated carbocycles. The lowest BCUT2D eigenvalue weighted by atomic mass is 10.1. The molecule has 2 aromatic rings. The van der Waals surface area contributed by atoms with Crippen LogP contribution < -0.4 is 16.0 Å². The van der Waals surface area contributed by atoms with Crippen LogP contribution in [0.5, 0.6) is 5.75 Å². The summed E-state index contributed by atoms with van der Waals surface area (Å²) in [6.45, 7) is 5.10. The summed E-state index contributed by atoms with van der Waals surface area (Å²) >= 11 is 1.65. The Morgan fingerprint density at radius 3 is 2.80 bits per heavy atom. The van der Waals surface area contributed by atoms with Crippen molar-refractivity contribution in [2.45, 2.75) is 39.3 Å². The van der Waals surface area contributed by atoms with Crippen molar-refractivity contribution in [2.75, 3.05) is 7.11 Å². The largest absolute Gasteiger partial charge is 0.496 e. The molecule has 1 atom stereocenters. The first-order chi connectivity index (χ1) is 9.71. The fourth-order valence-corrected chi connectivity index (χ4v) is 3.12. The number of hydrogen-bond donors (Lipinski definition) is 2. The van der Waals surface area contributed by atoms with E-state index in [4.69, 9.17) is 10.6 Å². The van der Waals surface area contributed by atoms with Crippen LogP contribution in [-0.4, -0.2) is 16.9 Å². The zero-order valence-corrected chi connectivity index (χ0v) is 13.0. The molecule has 0 aliphatic carbocycles.